The van der Waals surface area contributed by atoms with Gasteiger partial charge in [0.1, 0.15) is 12.1 Å². The number of aromatic nitrogens is 2. The molecular formula is C21H33N5O3. The van der Waals surface area contributed by atoms with Gasteiger partial charge in [0.2, 0.25) is 5.91 Å². The average molecular weight is 404 g/mol. The molecule has 0 aliphatic carbocycles. The highest BCUT2D eigenvalue weighted by Crippen LogP contribution is 2.33. The van der Waals surface area contributed by atoms with Crippen molar-refractivity contribution in [2.75, 3.05) is 18.5 Å². The quantitative estimate of drug-likeness (QED) is 0.530. The maximum absolute atomic E-state index is 12.8. The SMILES string of the molecule is CC(C)(C)CC1CCC(C(=O)Nc2ccn(CC(C)(C)OC[C@@H]3CO3)n2)N1C#N. The smallest absolute Gasteiger partial charge is 0.249 e. The van der Waals surface area contributed by atoms with Crippen molar-refractivity contribution < 1.29 is 14.3 Å². The van der Waals surface area contributed by atoms with Gasteiger partial charge in [-0.3, -0.25) is 14.4 Å². The summed E-state index contributed by atoms with van der Waals surface area (Å²) in [6.45, 7) is 12.4. The van der Waals surface area contributed by atoms with E-state index in [0.717, 1.165) is 19.4 Å². The van der Waals surface area contributed by atoms with Gasteiger partial charge in [0.05, 0.1) is 25.4 Å². The molecule has 2 saturated heterocycles. The Hall–Kier alpha value is -2.11. The minimum atomic E-state index is -0.434. The van der Waals surface area contributed by atoms with Crippen LogP contribution in [0.3, 0.4) is 0 Å². The minimum Gasteiger partial charge on any atom is -0.371 e. The summed E-state index contributed by atoms with van der Waals surface area (Å²) >= 11 is 0. The van der Waals surface area contributed by atoms with E-state index in [-0.39, 0.29) is 29.1 Å². The maximum atomic E-state index is 12.8. The molecule has 2 unspecified atom stereocenters. The molecule has 3 rings (SSSR count). The van der Waals surface area contributed by atoms with Crippen molar-refractivity contribution in [1.82, 2.24) is 14.7 Å². The first-order valence-electron chi connectivity index (χ1n) is 10.3. The lowest BCUT2D eigenvalue weighted by Gasteiger charge is -2.29. The van der Waals surface area contributed by atoms with E-state index in [1.165, 1.54) is 0 Å². The van der Waals surface area contributed by atoms with Crippen LogP contribution in [0.1, 0.15) is 53.9 Å². The van der Waals surface area contributed by atoms with E-state index < -0.39 is 6.04 Å². The van der Waals surface area contributed by atoms with E-state index in [0.29, 0.717) is 25.4 Å². The highest BCUT2D eigenvalue weighted by atomic mass is 16.6. The average Bonchev–Trinajstić information content (AvgIpc) is 3.22. The van der Waals surface area contributed by atoms with Crippen LogP contribution in [-0.2, 0) is 20.8 Å². The third kappa shape index (κ3) is 6.18. The van der Waals surface area contributed by atoms with Gasteiger partial charge in [0.15, 0.2) is 12.0 Å². The fourth-order valence-corrected chi connectivity index (χ4v) is 3.84. The number of carbonyl (C=O) groups excluding carboxylic acids is 1. The zero-order valence-electron chi connectivity index (χ0n) is 18.1. The van der Waals surface area contributed by atoms with Crippen molar-refractivity contribution in [2.24, 2.45) is 5.41 Å². The second-order valence-electron chi connectivity index (χ2n) is 9.93. The van der Waals surface area contributed by atoms with Gasteiger partial charge in [-0.15, -0.1) is 0 Å². The predicted octanol–water partition coefficient (Wildman–Crippen LogP) is 2.77. The summed E-state index contributed by atoms with van der Waals surface area (Å²) in [5.41, 5.74) is -0.271. The molecule has 2 fully saturated rings. The van der Waals surface area contributed by atoms with Crippen LogP contribution in [0.4, 0.5) is 5.82 Å². The molecule has 2 aliphatic rings. The van der Waals surface area contributed by atoms with E-state index in [1.807, 2.05) is 20.0 Å². The summed E-state index contributed by atoms with van der Waals surface area (Å²) in [6, 6.07) is 1.45. The first kappa shape index (κ1) is 21.6. The Balaban J connectivity index is 1.55. The van der Waals surface area contributed by atoms with Crippen molar-refractivity contribution in [2.45, 2.75) is 84.2 Å². The molecule has 3 atom stereocenters. The molecular weight excluding hydrogens is 370 g/mol. The van der Waals surface area contributed by atoms with E-state index in [4.69, 9.17) is 9.47 Å². The zero-order valence-corrected chi connectivity index (χ0v) is 18.1. The van der Waals surface area contributed by atoms with Crippen molar-refractivity contribution in [3.63, 3.8) is 0 Å². The summed E-state index contributed by atoms with van der Waals surface area (Å²) in [5.74, 6) is 0.322. The molecule has 1 aromatic rings. The Labute approximate surface area is 173 Å². The van der Waals surface area contributed by atoms with Crippen molar-refractivity contribution in [3.8, 4) is 6.19 Å². The molecule has 1 aromatic heterocycles. The normalized spacial score (nSPS) is 24.4. The molecule has 8 heteroatoms. The summed E-state index contributed by atoms with van der Waals surface area (Å²) < 4.78 is 12.8. The standard InChI is InChI=1S/C21H33N5O3/c1-20(2,3)10-15-6-7-17(26(15)14-22)19(27)23-18-8-9-25(24-18)13-21(4,5)29-12-16-11-28-16/h8-9,15-17H,6-7,10-13H2,1-5H3,(H,23,24,27)/t15?,16-,17?/m0/s1. The molecule has 1 amide bonds. The number of nitrogens with zero attached hydrogens (tertiary/aromatic N) is 4. The van der Waals surface area contributed by atoms with Crippen molar-refractivity contribution in [3.05, 3.63) is 12.3 Å². The molecule has 0 bridgehead atoms. The number of hydrogen-bond donors (Lipinski definition) is 1. The number of hydrogen-bond acceptors (Lipinski definition) is 6. The van der Waals surface area contributed by atoms with Gasteiger partial charge in [-0.25, -0.2) is 0 Å². The Bertz CT molecular complexity index is 757. The molecule has 160 valence electrons. The summed E-state index contributed by atoms with van der Waals surface area (Å²) in [4.78, 5) is 14.4. The van der Waals surface area contributed by atoms with Gasteiger partial charge in [-0.1, -0.05) is 20.8 Å². The highest BCUT2D eigenvalue weighted by Gasteiger charge is 2.39. The van der Waals surface area contributed by atoms with Crippen LogP contribution in [0.25, 0.3) is 0 Å². The van der Waals surface area contributed by atoms with Crippen LogP contribution in [0, 0.1) is 16.9 Å². The Morgan fingerprint density at radius 2 is 2.10 bits per heavy atom. The molecule has 0 aromatic carbocycles. The fourth-order valence-electron chi connectivity index (χ4n) is 3.84. The number of carbonyl (C=O) groups is 1. The number of epoxide rings is 1. The number of rotatable bonds is 8. The monoisotopic (exact) mass is 403 g/mol. The summed E-state index contributed by atoms with van der Waals surface area (Å²) in [5, 5.41) is 16.9. The molecule has 29 heavy (non-hydrogen) atoms. The second kappa shape index (κ2) is 8.33. The third-order valence-corrected chi connectivity index (χ3v) is 5.27. The van der Waals surface area contributed by atoms with Gasteiger partial charge >= 0.3 is 0 Å². The topological polar surface area (TPSA) is 95.7 Å². The van der Waals surface area contributed by atoms with E-state index >= 15 is 0 Å². The highest BCUT2D eigenvalue weighted by molar-refractivity contribution is 5.94. The minimum absolute atomic E-state index is 0.113. The number of nitrogens with one attached hydrogen (secondary N) is 1. The van der Waals surface area contributed by atoms with E-state index in [1.54, 1.807) is 15.6 Å². The predicted molar refractivity (Wildman–Crippen MR) is 109 cm³/mol. The Morgan fingerprint density at radius 1 is 1.38 bits per heavy atom. The van der Waals surface area contributed by atoms with Gasteiger partial charge in [-0.2, -0.15) is 10.4 Å². The van der Waals surface area contributed by atoms with Crippen LogP contribution in [0.5, 0.6) is 0 Å². The molecule has 2 aliphatic heterocycles. The van der Waals surface area contributed by atoms with Crippen LogP contribution >= 0.6 is 0 Å². The summed E-state index contributed by atoms with van der Waals surface area (Å²) in [7, 11) is 0. The number of anilines is 1. The van der Waals surface area contributed by atoms with E-state index in [2.05, 4.69) is 37.4 Å². The summed E-state index contributed by atoms with van der Waals surface area (Å²) in [6.07, 6.45) is 6.71. The second-order valence-corrected chi connectivity index (χ2v) is 9.93. The Kier molecular flexibility index (Phi) is 6.20. The largest absolute Gasteiger partial charge is 0.371 e. The van der Waals surface area contributed by atoms with Gasteiger partial charge in [0, 0.05) is 18.3 Å². The van der Waals surface area contributed by atoms with Crippen LogP contribution in [-0.4, -0.2) is 57.6 Å². The number of ether oxygens (including phenoxy) is 2. The number of likely N-dealkylation sites (tertiary alicyclic amines) is 1. The van der Waals surface area contributed by atoms with E-state index in [9.17, 15) is 10.1 Å². The number of nitriles is 1. The zero-order chi connectivity index (χ0) is 21.2. The van der Waals surface area contributed by atoms with Gasteiger partial charge < -0.3 is 14.8 Å². The first-order valence-corrected chi connectivity index (χ1v) is 10.3. The van der Waals surface area contributed by atoms with Crippen LogP contribution in [0.15, 0.2) is 12.3 Å². The van der Waals surface area contributed by atoms with Crippen molar-refractivity contribution >= 4 is 11.7 Å². The fraction of sp³-hybridized carbons (Fsp3) is 0.762. The molecule has 0 spiro atoms. The van der Waals surface area contributed by atoms with Crippen molar-refractivity contribution in [1.29, 1.82) is 5.26 Å². The van der Waals surface area contributed by atoms with Crippen LogP contribution < -0.4 is 5.32 Å². The molecule has 1 N–H and O–H groups in total. The molecule has 0 radical (unpaired) electrons. The lowest BCUT2D eigenvalue weighted by atomic mass is 9.87. The first-order chi connectivity index (χ1) is 13.6. The lowest BCUT2D eigenvalue weighted by molar-refractivity contribution is -0.119. The molecule has 3 heterocycles. The Morgan fingerprint density at radius 3 is 2.72 bits per heavy atom. The van der Waals surface area contributed by atoms with Gasteiger partial charge in [-0.05, 0) is 38.5 Å². The van der Waals surface area contributed by atoms with Crippen LogP contribution in [0.2, 0.25) is 0 Å². The maximum Gasteiger partial charge on any atom is 0.249 e. The number of amides is 1. The molecule has 0 saturated carbocycles. The lowest BCUT2D eigenvalue weighted by Crippen LogP contribution is -2.41. The third-order valence-electron chi connectivity index (χ3n) is 5.27. The van der Waals surface area contributed by atoms with Gasteiger partial charge in [0.25, 0.3) is 0 Å². The molecule has 8 nitrogen and oxygen atoms in total.